The largest absolute Gasteiger partial charge is 0.354 e. The summed E-state index contributed by atoms with van der Waals surface area (Å²) >= 11 is 0. The molecule has 0 fully saturated rings. The van der Waals surface area contributed by atoms with Crippen LogP contribution in [0.15, 0.2) is 18.2 Å². The maximum absolute atomic E-state index is 12.4. The van der Waals surface area contributed by atoms with Crippen LogP contribution in [0.3, 0.4) is 0 Å². The molecule has 5 nitrogen and oxygen atoms in total. The maximum Gasteiger partial charge on any atom is 0.240 e. The van der Waals surface area contributed by atoms with Crippen molar-refractivity contribution in [3.63, 3.8) is 0 Å². The summed E-state index contributed by atoms with van der Waals surface area (Å²) in [7, 11) is -3.54. The lowest BCUT2D eigenvalue weighted by atomic mass is 9.99. The lowest BCUT2D eigenvalue weighted by Gasteiger charge is -2.26. The topological polar surface area (TPSA) is 66.5 Å². The number of para-hydroxylation sites is 1. The number of aryl methyl sites for hydroxylation is 2. The van der Waals surface area contributed by atoms with Gasteiger partial charge in [-0.3, -0.25) is 9.10 Å². The second kappa shape index (κ2) is 9.80. The number of amides is 1. The van der Waals surface area contributed by atoms with E-state index in [1.54, 1.807) is 0 Å². The Morgan fingerprint density at radius 3 is 2.28 bits per heavy atom. The Morgan fingerprint density at radius 2 is 1.80 bits per heavy atom. The summed E-state index contributed by atoms with van der Waals surface area (Å²) in [5.74, 6) is 0.179. The van der Waals surface area contributed by atoms with Gasteiger partial charge >= 0.3 is 0 Å². The van der Waals surface area contributed by atoms with Crippen molar-refractivity contribution in [3.05, 3.63) is 29.3 Å². The van der Waals surface area contributed by atoms with Crippen LogP contribution in [0.1, 0.15) is 50.7 Å². The number of nitrogens with one attached hydrogen (secondary N) is 1. The number of carbonyl (C=O) groups excluding carboxylic acids is 1. The molecule has 142 valence electrons. The van der Waals surface area contributed by atoms with Crippen molar-refractivity contribution in [2.24, 2.45) is 5.92 Å². The molecule has 1 rings (SSSR count). The van der Waals surface area contributed by atoms with Crippen LogP contribution in [-0.4, -0.2) is 33.7 Å². The maximum atomic E-state index is 12.4. The van der Waals surface area contributed by atoms with Crippen molar-refractivity contribution >= 4 is 21.6 Å². The minimum atomic E-state index is -3.54. The van der Waals surface area contributed by atoms with Crippen molar-refractivity contribution in [1.29, 1.82) is 0 Å². The van der Waals surface area contributed by atoms with Crippen LogP contribution in [-0.2, 0) is 14.8 Å². The van der Waals surface area contributed by atoms with Gasteiger partial charge in [0, 0.05) is 6.54 Å². The van der Waals surface area contributed by atoms with Gasteiger partial charge in [0.15, 0.2) is 0 Å². The van der Waals surface area contributed by atoms with Crippen LogP contribution in [0, 0.1) is 19.8 Å². The highest BCUT2D eigenvalue weighted by Crippen LogP contribution is 2.26. The zero-order valence-electron chi connectivity index (χ0n) is 16.1. The van der Waals surface area contributed by atoms with Crippen molar-refractivity contribution in [1.82, 2.24) is 5.32 Å². The summed E-state index contributed by atoms with van der Waals surface area (Å²) in [6, 6.07) is 5.60. The first-order valence-electron chi connectivity index (χ1n) is 9.01. The molecule has 0 saturated carbocycles. The Morgan fingerprint density at radius 1 is 1.20 bits per heavy atom. The fourth-order valence-corrected chi connectivity index (χ4v) is 3.92. The molecule has 0 aliphatic heterocycles. The van der Waals surface area contributed by atoms with Crippen LogP contribution in [0.4, 0.5) is 5.69 Å². The number of sulfonamides is 1. The molecule has 0 aliphatic rings. The minimum Gasteiger partial charge on any atom is -0.354 e. The Kier molecular flexibility index (Phi) is 8.42. The molecule has 0 aromatic heterocycles. The standard InChI is InChI=1S/C19H32N2O3S/c1-6-8-12-17(7-2)13-20-18(22)14-21(25(5,23)24)19-15(3)10-9-11-16(19)4/h9-11,17H,6-8,12-14H2,1-5H3,(H,20,22). The van der Waals surface area contributed by atoms with Gasteiger partial charge < -0.3 is 5.32 Å². The summed E-state index contributed by atoms with van der Waals surface area (Å²) < 4.78 is 25.7. The molecule has 0 bridgehead atoms. The normalized spacial score (nSPS) is 12.7. The van der Waals surface area contributed by atoms with Crippen molar-refractivity contribution in [3.8, 4) is 0 Å². The SMILES string of the molecule is CCCCC(CC)CNC(=O)CN(c1c(C)cccc1C)S(C)(=O)=O. The smallest absolute Gasteiger partial charge is 0.240 e. The number of hydrogen-bond acceptors (Lipinski definition) is 3. The fraction of sp³-hybridized carbons (Fsp3) is 0.632. The van der Waals surface area contributed by atoms with Gasteiger partial charge in [0.05, 0.1) is 11.9 Å². The van der Waals surface area contributed by atoms with E-state index in [4.69, 9.17) is 0 Å². The predicted molar refractivity (Wildman–Crippen MR) is 104 cm³/mol. The van der Waals surface area contributed by atoms with Gasteiger partial charge in [-0.05, 0) is 37.3 Å². The van der Waals surface area contributed by atoms with Gasteiger partial charge in [-0.2, -0.15) is 0 Å². The number of benzene rings is 1. The average molecular weight is 369 g/mol. The molecule has 1 unspecified atom stereocenters. The second-order valence-corrected chi connectivity index (χ2v) is 8.64. The minimum absolute atomic E-state index is 0.186. The van der Waals surface area contributed by atoms with E-state index >= 15 is 0 Å². The van der Waals surface area contributed by atoms with Crippen LogP contribution >= 0.6 is 0 Å². The summed E-state index contributed by atoms with van der Waals surface area (Å²) in [5.41, 5.74) is 2.28. The van der Waals surface area contributed by atoms with E-state index in [-0.39, 0.29) is 12.5 Å². The zero-order valence-corrected chi connectivity index (χ0v) is 16.9. The van der Waals surface area contributed by atoms with Crippen LogP contribution in [0.5, 0.6) is 0 Å². The Hall–Kier alpha value is -1.56. The third-order valence-electron chi connectivity index (χ3n) is 4.51. The molecule has 0 radical (unpaired) electrons. The number of nitrogens with zero attached hydrogens (tertiary/aromatic N) is 1. The molecule has 0 aliphatic carbocycles. The first-order valence-corrected chi connectivity index (χ1v) is 10.9. The van der Waals surface area contributed by atoms with Crippen molar-refractivity contribution < 1.29 is 13.2 Å². The van der Waals surface area contributed by atoms with Crippen LogP contribution in [0.25, 0.3) is 0 Å². The highest BCUT2D eigenvalue weighted by atomic mass is 32.2. The first-order chi connectivity index (χ1) is 11.7. The molecular formula is C19H32N2O3S. The third kappa shape index (κ3) is 6.69. The number of carbonyl (C=O) groups is 1. The van der Waals surface area contributed by atoms with E-state index in [0.29, 0.717) is 18.2 Å². The van der Waals surface area contributed by atoms with Crippen molar-refractivity contribution in [2.75, 3.05) is 23.7 Å². The van der Waals surface area contributed by atoms with Gasteiger partial charge in [0.2, 0.25) is 15.9 Å². The van der Waals surface area contributed by atoms with Crippen LogP contribution in [0.2, 0.25) is 0 Å². The molecule has 1 N–H and O–H groups in total. The first kappa shape index (κ1) is 21.5. The predicted octanol–water partition coefficient (Wildman–Crippen LogP) is 3.40. The molecule has 1 aromatic carbocycles. The molecule has 0 heterocycles. The third-order valence-corrected chi connectivity index (χ3v) is 5.62. The lowest BCUT2D eigenvalue weighted by Crippen LogP contribution is -2.42. The van der Waals surface area contributed by atoms with E-state index in [0.717, 1.165) is 43.1 Å². The fourth-order valence-electron chi connectivity index (χ4n) is 2.95. The number of anilines is 1. The average Bonchev–Trinajstić information content (AvgIpc) is 2.53. The Bertz CT molecular complexity index is 651. The molecule has 1 amide bonds. The molecule has 0 spiro atoms. The molecule has 6 heteroatoms. The summed E-state index contributed by atoms with van der Waals surface area (Å²) in [6.45, 7) is 8.40. The lowest BCUT2D eigenvalue weighted by molar-refractivity contribution is -0.119. The van der Waals surface area contributed by atoms with E-state index in [1.165, 1.54) is 4.31 Å². The monoisotopic (exact) mass is 368 g/mol. The van der Waals surface area contributed by atoms with Crippen LogP contribution < -0.4 is 9.62 Å². The quantitative estimate of drug-likeness (QED) is 0.688. The number of hydrogen-bond donors (Lipinski definition) is 1. The van der Waals surface area contributed by atoms with E-state index in [2.05, 4.69) is 19.2 Å². The van der Waals surface area contributed by atoms with Gasteiger partial charge in [-0.25, -0.2) is 8.42 Å². The van der Waals surface area contributed by atoms with E-state index < -0.39 is 10.0 Å². The highest BCUT2D eigenvalue weighted by molar-refractivity contribution is 7.92. The summed E-state index contributed by atoms with van der Waals surface area (Å²) in [6.07, 6.45) is 5.51. The van der Waals surface area contributed by atoms with E-state index in [9.17, 15) is 13.2 Å². The van der Waals surface area contributed by atoms with Gasteiger partial charge in [0.1, 0.15) is 6.54 Å². The van der Waals surface area contributed by atoms with Gasteiger partial charge in [0.25, 0.3) is 0 Å². The second-order valence-electron chi connectivity index (χ2n) is 6.73. The molecular weight excluding hydrogens is 336 g/mol. The Labute approximate surface area is 152 Å². The van der Waals surface area contributed by atoms with Gasteiger partial charge in [-0.1, -0.05) is 51.3 Å². The summed E-state index contributed by atoms with van der Waals surface area (Å²) in [4.78, 5) is 12.4. The number of rotatable bonds is 10. The van der Waals surface area contributed by atoms with E-state index in [1.807, 2.05) is 32.0 Å². The molecule has 0 saturated heterocycles. The molecule has 1 atom stereocenters. The number of unbranched alkanes of at least 4 members (excludes halogenated alkanes) is 1. The summed E-state index contributed by atoms with van der Waals surface area (Å²) in [5, 5.41) is 2.91. The molecule has 25 heavy (non-hydrogen) atoms. The molecule has 1 aromatic rings. The van der Waals surface area contributed by atoms with Crippen molar-refractivity contribution in [2.45, 2.75) is 53.4 Å². The van der Waals surface area contributed by atoms with Gasteiger partial charge in [-0.15, -0.1) is 0 Å². The zero-order chi connectivity index (χ0) is 19.0. The Balaban J connectivity index is 2.85. The highest BCUT2D eigenvalue weighted by Gasteiger charge is 2.24.